The van der Waals surface area contributed by atoms with E-state index in [0.717, 1.165) is 23.5 Å². The Hall–Kier alpha value is -0.700. The number of nitrogens with zero attached hydrogens (tertiary/aromatic N) is 1. The van der Waals surface area contributed by atoms with E-state index < -0.39 is 0 Å². The number of thiazole rings is 1. The predicted octanol–water partition coefficient (Wildman–Crippen LogP) is 4.38. The summed E-state index contributed by atoms with van der Waals surface area (Å²) in [6.07, 6.45) is 5.20. The molecule has 0 amide bonds. The molecule has 0 spiro atoms. The molecular weight excluding hydrogens is 254 g/mol. The zero-order chi connectivity index (χ0) is 14.0. The molecule has 0 bridgehead atoms. The van der Waals surface area contributed by atoms with E-state index in [1.165, 1.54) is 12.8 Å². The minimum Gasteiger partial charge on any atom is -0.299 e. The van der Waals surface area contributed by atoms with Crippen LogP contribution in [0.3, 0.4) is 0 Å². The predicted molar refractivity (Wildman–Crippen MR) is 80.6 cm³/mol. The van der Waals surface area contributed by atoms with Crippen LogP contribution in [-0.2, 0) is 16.6 Å². The summed E-state index contributed by atoms with van der Waals surface area (Å²) in [5.41, 5.74) is 1.19. The Morgan fingerprint density at radius 1 is 1.42 bits per heavy atom. The molecule has 106 valence electrons. The average molecular weight is 279 g/mol. The quantitative estimate of drug-likeness (QED) is 0.822. The molecule has 0 aliphatic heterocycles. The standard InChI is InChI=1S/C16H25NOS/c1-11-6-5-7-12(8-11)13(18)9-15-17-14(10-19-15)16(2,3)4/h10-12H,5-9H2,1-4H3. The van der Waals surface area contributed by atoms with Crippen LogP contribution in [0.15, 0.2) is 5.38 Å². The van der Waals surface area contributed by atoms with Gasteiger partial charge in [-0.3, -0.25) is 4.79 Å². The van der Waals surface area contributed by atoms with Crippen LogP contribution in [0.1, 0.15) is 64.1 Å². The number of aromatic nitrogens is 1. The van der Waals surface area contributed by atoms with E-state index in [9.17, 15) is 4.79 Å². The van der Waals surface area contributed by atoms with E-state index in [1.54, 1.807) is 11.3 Å². The fraction of sp³-hybridized carbons (Fsp3) is 0.750. The SMILES string of the molecule is CC1CCCC(C(=O)Cc2nc(C(C)(C)C)cs2)C1. The van der Waals surface area contributed by atoms with Crippen LogP contribution in [0.4, 0.5) is 0 Å². The summed E-state index contributed by atoms with van der Waals surface area (Å²) in [4.78, 5) is 17.0. The van der Waals surface area contributed by atoms with Gasteiger partial charge in [0.05, 0.1) is 12.1 Å². The highest BCUT2D eigenvalue weighted by Crippen LogP contribution is 2.30. The Bertz CT molecular complexity index is 444. The van der Waals surface area contributed by atoms with E-state index in [-0.39, 0.29) is 11.3 Å². The maximum Gasteiger partial charge on any atom is 0.142 e. The lowest BCUT2D eigenvalue weighted by Gasteiger charge is -2.25. The zero-order valence-corrected chi connectivity index (χ0v) is 13.3. The van der Waals surface area contributed by atoms with Gasteiger partial charge in [0.15, 0.2) is 0 Å². The van der Waals surface area contributed by atoms with Gasteiger partial charge in [0.1, 0.15) is 10.8 Å². The molecule has 2 unspecified atom stereocenters. The minimum absolute atomic E-state index is 0.0805. The van der Waals surface area contributed by atoms with Crippen LogP contribution in [0.2, 0.25) is 0 Å². The van der Waals surface area contributed by atoms with Crippen LogP contribution in [0, 0.1) is 11.8 Å². The summed E-state index contributed by atoms with van der Waals surface area (Å²) in [5.74, 6) is 1.40. The number of Topliss-reactive ketones (excluding diaryl/α,β-unsaturated/α-hetero) is 1. The van der Waals surface area contributed by atoms with E-state index in [1.807, 2.05) is 0 Å². The normalized spacial score (nSPS) is 24.4. The Kier molecular flexibility index (Phi) is 4.44. The summed E-state index contributed by atoms with van der Waals surface area (Å²) in [6, 6.07) is 0. The Morgan fingerprint density at radius 3 is 2.74 bits per heavy atom. The van der Waals surface area contributed by atoms with Gasteiger partial charge < -0.3 is 0 Å². The van der Waals surface area contributed by atoms with Crippen molar-refractivity contribution in [3.8, 4) is 0 Å². The van der Waals surface area contributed by atoms with Gasteiger partial charge in [0, 0.05) is 16.7 Å². The van der Waals surface area contributed by atoms with Gasteiger partial charge in [-0.25, -0.2) is 4.98 Å². The largest absolute Gasteiger partial charge is 0.299 e. The topological polar surface area (TPSA) is 30.0 Å². The van der Waals surface area contributed by atoms with Crippen molar-refractivity contribution in [3.63, 3.8) is 0 Å². The highest BCUT2D eigenvalue weighted by molar-refractivity contribution is 7.09. The Morgan fingerprint density at radius 2 is 2.16 bits per heavy atom. The summed E-state index contributed by atoms with van der Waals surface area (Å²) >= 11 is 1.64. The average Bonchev–Trinajstić information content (AvgIpc) is 2.77. The van der Waals surface area contributed by atoms with E-state index >= 15 is 0 Å². The van der Waals surface area contributed by atoms with Gasteiger partial charge in [-0.1, -0.05) is 40.5 Å². The summed E-state index contributed by atoms with van der Waals surface area (Å²) in [6.45, 7) is 8.75. The zero-order valence-electron chi connectivity index (χ0n) is 12.5. The molecule has 2 rings (SSSR count). The first kappa shape index (κ1) is 14.7. The van der Waals surface area contributed by atoms with Crippen molar-refractivity contribution >= 4 is 17.1 Å². The van der Waals surface area contributed by atoms with Crippen molar-refractivity contribution in [2.24, 2.45) is 11.8 Å². The number of ketones is 1. The van der Waals surface area contributed by atoms with Gasteiger partial charge in [0.2, 0.25) is 0 Å². The molecule has 0 N–H and O–H groups in total. The van der Waals surface area contributed by atoms with Gasteiger partial charge in [-0.15, -0.1) is 11.3 Å². The summed E-state index contributed by atoms with van der Waals surface area (Å²) in [5, 5.41) is 3.10. The summed E-state index contributed by atoms with van der Waals surface area (Å²) in [7, 11) is 0. The summed E-state index contributed by atoms with van der Waals surface area (Å²) < 4.78 is 0. The maximum absolute atomic E-state index is 12.3. The molecule has 1 saturated carbocycles. The van der Waals surface area contributed by atoms with Gasteiger partial charge >= 0.3 is 0 Å². The van der Waals surface area contributed by atoms with Crippen LogP contribution < -0.4 is 0 Å². The lowest BCUT2D eigenvalue weighted by Crippen LogP contribution is -2.23. The second kappa shape index (κ2) is 5.74. The third-order valence-corrected chi connectivity index (χ3v) is 4.89. The van der Waals surface area contributed by atoms with Crippen LogP contribution in [0.5, 0.6) is 0 Å². The maximum atomic E-state index is 12.3. The molecule has 1 heterocycles. The molecule has 2 nitrogen and oxygen atoms in total. The first-order chi connectivity index (χ1) is 8.86. The molecule has 0 radical (unpaired) electrons. The lowest BCUT2D eigenvalue weighted by atomic mass is 9.80. The smallest absolute Gasteiger partial charge is 0.142 e. The highest BCUT2D eigenvalue weighted by atomic mass is 32.1. The van der Waals surface area contributed by atoms with Crippen molar-refractivity contribution in [1.29, 1.82) is 0 Å². The van der Waals surface area contributed by atoms with E-state index in [2.05, 4.69) is 38.1 Å². The van der Waals surface area contributed by atoms with Gasteiger partial charge in [-0.2, -0.15) is 0 Å². The fourth-order valence-electron chi connectivity index (χ4n) is 2.76. The monoisotopic (exact) mass is 279 g/mol. The first-order valence-electron chi connectivity index (χ1n) is 7.34. The number of carbonyl (C=O) groups is 1. The molecule has 19 heavy (non-hydrogen) atoms. The van der Waals surface area contributed by atoms with Crippen molar-refractivity contribution in [3.05, 3.63) is 16.1 Å². The molecule has 1 aromatic rings. The van der Waals surface area contributed by atoms with Gasteiger partial charge in [0.25, 0.3) is 0 Å². The molecule has 1 aliphatic rings. The Labute approximate surface area is 120 Å². The Balaban J connectivity index is 1.97. The molecule has 1 aromatic heterocycles. The molecule has 1 aliphatic carbocycles. The molecule has 0 saturated heterocycles. The van der Waals surface area contributed by atoms with Gasteiger partial charge in [-0.05, 0) is 18.8 Å². The molecular formula is C16H25NOS. The molecule has 0 aromatic carbocycles. The molecule has 3 heteroatoms. The van der Waals surface area contributed by atoms with Crippen molar-refractivity contribution < 1.29 is 4.79 Å². The fourth-order valence-corrected chi connectivity index (χ4v) is 3.79. The number of hydrogen-bond donors (Lipinski definition) is 0. The minimum atomic E-state index is 0.0805. The van der Waals surface area contributed by atoms with Crippen LogP contribution in [0.25, 0.3) is 0 Å². The molecule has 1 fully saturated rings. The lowest BCUT2D eigenvalue weighted by molar-refractivity contribution is -0.123. The number of carbonyl (C=O) groups excluding carboxylic acids is 1. The van der Waals surface area contributed by atoms with Crippen molar-refractivity contribution in [1.82, 2.24) is 4.98 Å². The van der Waals surface area contributed by atoms with Crippen molar-refractivity contribution in [2.45, 2.75) is 65.2 Å². The third kappa shape index (κ3) is 3.88. The van der Waals surface area contributed by atoms with Crippen molar-refractivity contribution in [2.75, 3.05) is 0 Å². The molecule has 2 atom stereocenters. The van der Waals surface area contributed by atoms with E-state index in [0.29, 0.717) is 18.1 Å². The second-order valence-corrected chi connectivity index (χ2v) is 7.93. The number of rotatable bonds is 3. The van der Waals surface area contributed by atoms with E-state index in [4.69, 9.17) is 0 Å². The highest BCUT2D eigenvalue weighted by Gasteiger charge is 2.26. The second-order valence-electron chi connectivity index (χ2n) is 6.99. The first-order valence-corrected chi connectivity index (χ1v) is 8.22. The number of hydrogen-bond acceptors (Lipinski definition) is 3. The third-order valence-electron chi connectivity index (χ3n) is 4.04. The van der Waals surface area contributed by atoms with Crippen LogP contribution in [-0.4, -0.2) is 10.8 Å². The van der Waals surface area contributed by atoms with Crippen LogP contribution >= 0.6 is 11.3 Å².